The van der Waals surface area contributed by atoms with E-state index in [2.05, 4.69) is 10.6 Å². The summed E-state index contributed by atoms with van der Waals surface area (Å²) in [6.07, 6.45) is 1.03. The Hall–Kier alpha value is -0.240. The molecular formula is C9H14Cl2N2O4S. The van der Waals surface area contributed by atoms with Crippen LogP contribution < -0.4 is 10.6 Å². The highest BCUT2D eigenvalue weighted by molar-refractivity contribution is 7.85. The summed E-state index contributed by atoms with van der Waals surface area (Å²) in [5.74, 6) is -0.606. The van der Waals surface area contributed by atoms with Crippen molar-refractivity contribution in [3.05, 3.63) is 0 Å². The SMILES string of the molecule is CC1(CS(=O)(=O)O)NC(=O)NC12CCC(Cl)C2Cl. The van der Waals surface area contributed by atoms with Crippen molar-refractivity contribution in [3.63, 3.8) is 0 Å². The second-order valence-corrected chi connectivity index (χ2v) is 7.55. The lowest BCUT2D eigenvalue weighted by atomic mass is 9.79. The van der Waals surface area contributed by atoms with Gasteiger partial charge in [-0.15, -0.1) is 23.2 Å². The molecule has 9 heteroatoms. The first kappa shape index (κ1) is 14.2. The predicted octanol–water partition coefficient (Wildman–Crippen LogP) is 0.693. The molecule has 2 rings (SSSR count). The monoisotopic (exact) mass is 316 g/mol. The van der Waals surface area contributed by atoms with Gasteiger partial charge in [-0.05, 0) is 19.8 Å². The lowest BCUT2D eigenvalue weighted by Gasteiger charge is -2.41. The highest BCUT2D eigenvalue weighted by Gasteiger charge is 2.64. The van der Waals surface area contributed by atoms with Gasteiger partial charge in [0.25, 0.3) is 10.1 Å². The fourth-order valence-corrected chi connectivity index (χ4v) is 4.85. The fraction of sp³-hybridized carbons (Fsp3) is 0.889. The van der Waals surface area contributed by atoms with E-state index in [1.807, 2.05) is 0 Å². The number of hydrogen-bond donors (Lipinski definition) is 3. The van der Waals surface area contributed by atoms with E-state index in [4.69, 9.17) is 27.8 Å². The topological polar surface area (TPSA) is 95.5 Å². The molecule has 1 spiro atoms. The van der Waals surface area contributed by atoms with Crippen molar-refractivity contribution in [2.75, 3.05) is 5.75 Å². The van der Waals surface area contributed by atoms with Gasteiger partial charge in [0.15, 0.2) is 0 Å². The van der Waals surface area contributed by atoms with E-state index in [1.165, 1.54) is 0 Å². The van der Waals surface area contributed by atoms with Crippen molar-refractivity contribution in [1.82, 2.24) is 10.6 Å². The summed E-state index contributed by atoms with van der Waals surface area (Å²) in [6, 6.07) is -0.502. The third-order valence-electron chi connectivity index (χ3n) is 3.78. The lowest BCUT2D eigenvalue weighted by Crippen LogP contribution is -2.64. The van der Waals surface area contributed by atoms with Gasteiger partial charge in [-0.1, -0.05) is 0 Å². The zero-order valence-electron chi connectivity index (χ0n) is 9.61. The van der Waals surface area contributed by atoms with Crippen LogP contribution in [0.25, 0.3) is 0 Å². The molecule has 0 aromatic rings. The van der Waals surface area contributed by atoms with Gasteiger partial charge in [-0.25, -0.2) is 4.79 Å². The minimum absolute atomic E-state index is 0.354. The normalized spacial score (nSPS) is 44.1. The number of rotatable bonds is 2. The Morgan fingerprint density at radius 3 is 2.50 bits per heavy atom. The zero-order chi connectivity index (χ0) is 13.8. The van der Waals surface area contributed by atoms with Crippen LogP contribution in [0.5, 0.6) is 0 Å². The molecule has 1 saturated carbocycles. The molecule has 2 aliphatic rings. The molecule has 2 amide bonds. The zero-order valence-corrected chi connectivity index (χ0v) is 11.9. The Morgan fingerprint density at radius 1 is 1.44 bits per heavy atom. The maximum atomic E-state index is 11.6. The van der Waals surface area contributed by atoms with Crippen molar-refractivity contribution in [2.24, 2.45) is 0 Å². The molecule has 18 heavy (non-hydrogen) atoms. The smallest absolute Gasteiger partial charge is 0.315 e. The van der Waals surface area contributed by atoms with E-state index in [0.717, 1.165) is 0 Å². The van der Waals surface area contributed by atoms with Crippen molar-refractivity contribution in [1.29, 1.82) is 0 Å². The summed E-state index contributed by atoms with van der Waals surface area (Å²) < 4.78 is 31.3. The molecule has 4 atom stereocenters. The van der Waals surface area contributed by atoms with Gasteiger partial charge in [0.05, 0.1) is 21.8 Å². The molecule has 0 aromatic carbocycles. The summed E-state index contributed by atoms with van der Waals surface area (Å²) in [5, 5.41) is 4.26. The molecule has 4 unspecified atom stereocenters. The highest BCUT2D eigenvalue weighted by atomic mass is 35.5. The number of carbonyl (C=O) groups is 1. The van der Waals surface area contributed by atoms with Crippen LogP contribution in [0.2, 0.25) is 0 Å². The van der Waals surface area contributed by atoms with Crippen LogP contribution in [-0.4, -0.2) is 46.6 Å². The number of amides is 2. The number of urea groups is 1. The van der Waals surface area contributed by atoms with Crippen LogP contribution in [0, 0.1) is 0 Å². The van der Waals surface area contributed by atoms with E-state index in [1.54, 1.807) is 6.92 Å². The van der Waals surface area contributed by atoms with Gasteiger partial charge in [-0.3, -0.25) is 4.55 Å². The second kappa shape index (κ2) is 4.13. The van der Waals surface area contributed by atoms with Crippen molar-refractivity contribution < 1.29 is 17.8 Å². The molecular weight excluding hydrogens is 303 g/mol. The molecule has 3 N–H and O–H groups in total. The van der Waals surface area contributed by atoms with E-state index in [0.29, 0.717) is 12.8 Å². The minimum atomic E-state index is -4.25. The predicted molar refractivity (Wildman–Crippen MR) is 67.7 cm³/mol. The first-order valence-corrected chi connectivity index (χ1v) is 7.91. The molecule has 1 saturated heterocycles. The maximum Gasteiger partial charge on any atom is 0.315 e. The summed E-state index contributed by atoms with van der Waals surface area (Å²) in [6.45, 7) is 1.54. The Labute approximate surface area is 115 Å². The van der Waals surface area contributed by atoms with Gasteiger partial charge >= 0.3 is 6.03 Å². The molecule has 1 aliphatic carbocycles. The van der Waals surface area contributed by atoms with Gasteiger partial charge in [-0.2, -0.15) is 8.42 Å². The van der Waals surface area contributed by atoms with E-state index < -0.39 is 38.4 Å². The fourth-order valence-electron chi connectivity index (χ4n) is 2.93. The summed E-state index contributed by atoms with van der Waals surface area (Å²) in [4.78, 5) is 11.6. The summed E-state index contributed by atoms with van der Waals surface area (Å²) in [5.41, 5.74) is -2.15. The van der Waals surface area contributed by atoms with Crippen LogP contribution in [0.15, 0.2) is 0 Å². The van der Waals surface area contributed by atoms with Gasteiger partial charge < -0.3 is 10.6 Å². The molecule has 2 fully saturated rings. The Morgan fingerprint density at radius 2 is 2.06 bits per heavy atom. The third-order valence-corrected chi connectivity index (χ3v) is 6.00. The van der Waals surface area contributed by atoms with E-state index in [-0.39, 0.29) is 5.38 Å². The maximum absolute atomic E-state index is 11.6. The lowest BCUT2D eigenvalue weighted by molar-refractivity contribution is 0.244. The van der Waals surface area contributed by atoms with Crippen LogP contribution in [0.1, 0.15) is 19.8 Å². The second-order valence-electron chi connectivity index (χ2n) is 5.07. The quantitative estimate of drug-likeness (QED) is 0.516. The van der Waals surface area contributed by atoms with Crippen molar-refractivity contribution in [2.45, 2.75) is 41.6 Å². The summed E-state index contributed by atoms with van der Waals surface area (Å²) in [7, 11) is -4.25. The number of nitrogens with one attached hydrogen (secondary N) is 2. The first-order valence-electron chi connectivity index (χ1n) is 5.43. The van der Waals surface area contributed by atoms with Crippen LogP contribution >= 0.6 is 23.2 Å². The Balaban J connectivity index is 2.42. The highest BCUT2D eigenvalue weighted by Crippen LogP contribution is 2.46. The molecule has 0 bridgehead atoms. The number of hydrogen-bond acceptors (Lipinski definition) is 3. The number of halogens is 2. The molecule has 1 heterocycles. The molecule has 1 aliphatic heterocycles. The van der Waals surface area contributed by atoms with Crippen LogP contribution in [0.3, 0.4) is 0 Å². The first-order chi connectivity index (χ1) is 8.10. The van der Waals surface area contributed by atoms with Crippen molar-refractivity contribution >= 4 is 39.4 Å². The van der Waals surface area contributed by atoms with E-state index in [9.17, 15) is 13.2 Å². The third kappa shape index (κ3) is 2.07. The molecule has 104 valence electrons. The molecule has 0 aromatic heterocycles. The number of alkyl halides is 2. The average molecular weight is 317 g/mol. The van der Waals surface area contributed by atoms with Gasteiger partial charge in [0.1, 0.15) is 5.75 Å². The molecule has 0 radical (unpaired) electrons. The minimum Gasteiger partial charge on any atom is -0.329 e. The average Bonchev–Trinajstić information content (AvgIpc) is 2.57. The largest absolute Gasteiger partial charge is 0.329 e. The van der Waals surface area contributed by atoms with Crippen LogP contribution in [-0.2, 0) is 10.1 Å². The van der Waals surface area contributed by atoms with E-state index >= 15 is 0 Å². The number of carbonyl (C=O) groups excluding carboxylic acids is 1. The summed E-state index contributed by atoms with van der Waals surface area (Å²) >= 11 is 12.3. The Bertz CT molecular complexity index is 485. The van der Waals surface area contributed by atoms with Gasteiger partial charge in [0, 0.05) is 0 Å². The van der Waals surface area contributed by atoms with Gasteiger partial charge in [0.2, 0.25) is 0 Å². The Kier molecular flexibility index (Phi) is 3.25. The molecule has 6 nitrogen and oxygen atoms in total. The van der Waals surface area contributed by atoms with Crippen molar-refractivity contribution in [3.8, 4) is 0 Å². The van der Waals surface area contributed by atoms with Crippen LogP contribution in [0.4, 0.5) is 4.79 Å². The standard InChI is InChI=1S/C9H14Cl2N2O4S/c1-8(4-18(15,16)17)9(13-7(14)12-8)3-2-5(10)6(9)11/h5-6H,2-4H2,1H3,(H2,12,13,14)(H,15,16,17).